The van der Waals surface area contributed by atoms with Gasteiger partial charge in [-0.1, -0.05) is 19.1 Å². The van der Waals surface area contributed by atoms with Gasteiger partial charge in [0.25, 0.3) is 0 Å². The summed E-state index contributed by atoms with van der Waals surface area (Å²) >= 11 is 0. The fraction of sp³-hybridized carbons (Fsp3) is 0.600. The van der Waals surface area contributed by atoms with Gasteiger partial charge in [0.15, 0.2) is 6.79 Å². The monoisotopic (exact) mass is 305 g/mol. The Labute approximate surface area is 123 Å². The summed E-state index contributed by atoms with van der Waals surface area (Å²) in [6.45, 7) is 4.00. The topological polar surface area (TPSA) is 44.5 Å². The van der Waals surface area contributed by atoms with Gasteiger partial charge in [-0.2, -0.15) is 13.2 Å². The van der Waals surface area contributed by atoms with E-state index >= 15 is 0 Å². The van der Waals surface area contributed by atoms with E-state index in [-0.39, 0.29) is 6.04 Å². The van der Waals surface area contributed by atoms with Crippen molar-refractivity contribution in [1.82, 2.24) is 0 Å². The van der Waals surface area contributed by atoms with Crippen molar-refractivity contribution >= 4 is 0 Å². The largest absolute Gasteiger partial charge is 0.467 e. The Morgan fingerprint density at radius 2 is 1.76 bits per heavy atom. The standard InChI is InChI=1S/C15H22F3NO2/c1-4-13(19)7-12-5-10(2)14(11(3)6-12)21-9-20-8-15(16,17)18/h5-6,13H,4,7-9,19H2,1-3H3. The van der Waals surface area contributed by atoms with Gasteiger partial charge in [-0.25, -0.2) is 0 Å². The highest BCUT2D eigenvalue weighted by molar-refractivity contribution is 5.43. The van der Waals surface area contributed by atoms with Crippen molar-refractivity contribution in [2.75, 3.05) is 13.4 Å². The molecule has 0 saturated carbocycles. The van der Waals surface area contributed by atoms with Crippen LogP contribution in [0.4, 0.5) is 13.2 Å². The molecular weight excluding hydrogens is 283 g/mol. The van der Waals surface area contributed by atoms with E-state index in [2.05, 4.69) is 4.74 Å². The van der Waals surface area contributed by atoms with Crippen molar-refractivity contribution in [1.29, 1.82) is 0 Å². The molecule has 0 spiro atoms. The fourth-order valence-electron chi connectivity index (χ4n) is 2.09. The van der Waals surface area contributed by atoms with E-state index in [4.69, 9.17) is 10.5 Å². The summed E-state index contributed by atoms with van der Waals surface area (Å²) in [5, 5.41) is 0. The van der Waals surface area contributed by atoms with Crippen molar-refractivity contribution in [3.05, 3.63) is 28.8 Å². The maximum atomic E-state index is 12.0. The van der Waals surface area contributed by atoms with Crippen LogP contribution in [0.15, 0.2) is 12.1 Å². The highest BCUT2D eigenvalue weighted by atomic mass is 19.4. The fourth-order valence-corrected chi connectivity index (χ4v) is 2.09. The Morgan fingerprint density at radius 3 is 2.24 bits per heavy atom. The predicted octanol–water partition coefficient (Wildman–Crippen LogP) is 3.50. The van der Waals surface area contributed by atoms with Crippen molar-refractivity contribution in [2.24, 2.45) is 5.73 Å². The van der Waals surface area contributed by atoms with E-state index in [1.165, 1.54) is 0 Å². The number of rotatable bonds is 7. The van der Waals surface area contributed by atoms with Crippen LogP contribution in [0, 0.1) is 13.8 Å². The highest BCUT2D eigenvalue weighted by Gasteiger charge is 2.27. The minimum atomic E-state index is -4.34. The quantitative estimate of drug-likeness (QED) is 0.619. The number of nitrogens with two attached hydrogens (primary N) is 1. The zero-order valence-electron chi connectivity index (χ0n) is 12.6. The van der Waals surface area contributed by atoms with Gasteiger partial charge >= 0.3 is 6.18 Å². The summed E-state index contributed by atoms with van der Waals surface area (Å²) in [6.07, 6.45) is -2.68. The van der Waals surface area contributed by atoms with Gasteiger partial charge in [-0.05, 0) is 43.4 Å². The molecule has 0 fully saturated rings. The summed E-state index contributed by atoms with van der Waals surface area (Å²) in [7, 11) is 0. The molecule has 0 aliphatic heterocycles. The van der Waals surface area contributed by atoms with Crippen LogP contribution in [0.5, 0.6) is 5.75 Å². The number of benzene rings is 1. The van der Waals surface area contributed by atoms with Gasteiger partial charge < -0.3 is 15.2 Å². The number of aryl methyl sites for hydroxylation is 2. The van der Waals surface area contributed by atoms with Crippen LogP contribution < -0.4 is 10.5 Å². The molecule has 2 N–H and O–H groups in total. The molecule has 0 bridgehead atoms. The normalized spacial score (nSPS) is 13.3. The van der Waals surface area contributed by atoms with Crippen LogP contribution in [0.3, 0.4) is 0 Å². The molecule has 6 heteroatoms. The second kappa shape index (κ2) is 7.66. The third-order valence-electron chi connectivity index (χ3n) is 3.09. The summed E-state index contributed by atoms with van der Waals surface area (Å²) in [5.41, 5.74) is 8.75. The van der Waals surface area contributed by atoms with E-state index in [9.17, 15) is 13.2 Å². The van der Waals surface area contributed by atoms with Gasteiger partial charge in [0.05, 0.1) is 0 Å². The SMILES string of the molecule is CCC(N)Cc1cc(C)c(OCOCC(F)(F)F)c(C)c1. The van der Waals surface area contributed by atoms with Crippen molar-refractivity contribution in [2.45, 2.75) is 45.8 Å². The molecule has 1 aromatic carbocycles. The average molecular weight is 305 g/mol. The van der Waals surface area contributed by atoms with E-state index in [1.807, 2.05) is 32.9 Å². The van der Waals surface area contributed by atoms with E-state index in [0.717, 1.165) is 29.5 Å². The van der Waals surface area contributed by atoms with Crippen molar-refractivity contribution in [3.63, 3.8) is 0 Å². The zero-order valence-corrected chi connectivity index (χ0v) is 12.6. The zero-order chi connectivity index (χ0) is 16.0. The Bertz CT molecular complexity index is 438. The van der Waals surface area contributed by atoms with Crippen LogP contribution in [0.1, 0.15) is 30.0 Å². The van der Waals surface area contributed by atoms with E-state index < -0.39 is 19.6 Å². The minimum absolute atomic E-state index is 0.102. The second-order valence-corrected chi connectivity index (χ2v) is 5.16. The number of hydrogen-bond acceptors (Lipinski definition) is 3. The molecule has 0 aliphatic carbocycles. The molecule has 1 atom stereocenters. The number of hydrogen-bond donors (Lipinski definition) is 1. The lowest BCUT2D eigenvalue weighted by Crippen LogP contribution is -2.21. The minimum Gasteiger partial charge on any atom is -0.467 e. The molecule has 1 aromatic rings. The summed E-state index contributed by atoms with van der Waals surface area (Å²) in [6, 6.07) is 3.99. The third kappa shape index (κ3) is 6.35. The van der Waals surface area contributed by atoms with Crippen molar-refractivity contribution in [3.8, 4) is 5.75 Å². The third-order valence-corrected chi connectivity index (χ3v) is 3.09. The van der Waals surface area contributed by atoms with Crippen LogP contribution >= 0.6 is 0 Å². The van der Waals surface area contributed by atoms with Crippen LogP contribution in [0.2, 0.25) is 0 Å². The molecule has 0 aliphatic rings. The second-order valence-electron chi connectivity index (χ2n) is 5.16. The average Bonchev–Trinajstić information content (AvgIpc) is 2.35. The number of ether oxygens (including phenoxy) is 2. The molecule has 0 heterocycles. The van der Waals surface area contributed by atoms with Crippen molar-refractivity contribution < 1.29 is 22.6 Å². The first-order valence-corrected chi connectivity index (χ1v) is 6.86. The molecule has 1 rings (SSSR count). The highest BCUT2D eigenvalue weighted by Crippen LogP contribution is 2.26. The predicted molar refractivity (Wildman–Crippen MR) is 75.4 cm³/mol. The van der Waals surface area contributed by atoms with Gasteiger partial charge in [0.2, 0.25) is 0 Å². The maximum absolute atomic E-state index is 12.0. The van der Waals surface area contributed by atoms with Gasteiger partial charge in [-0.3, -0.25) is 0 Å². The Kier molecular flexibility index (Phi) is 6.48. The molecule has 0 amide bonds. The molecule has 1 unspecified atom stereocenters. The molecule has 120 valence electrons. The first-order chi connectivity index (χ1) is 9.73. The van der Waals surface area contributed by atoms with Crippen LogP contribution in [0.25, 0.3) is 0 Å². The molecule has 0 radical (unpaired) electrons. The van der Waals surface area contributed by atoms with Gasteiger partial charge in [0, 0.05) is 6.04 Å². The molecule has 3 nitrogen and oxygen atoms in total. The first-order valence-electron chi connectivity index (χ1n) is 6.86. The molecular formula is C15H22F3NO2. The Morgan fingerprint density at radius 1 is 1.19 bits per heavy atom. The van der Waals surface area contributed by atoms with Crippen LogP contribution in [-0.2, 0) is 11.2 Å². The summed E-state index contributed by atoms with van der Waals surface area (Å²) < 4.78 is 45.6. The van der Waals surface area contributed by atoms with E-state index in [0.29, 0.717) is 5.75 Å². The lowest BCUT2D eigenvalue weighted by atomic mass is 9.99. The Balaban J connectivity index is 2.63. The van der Waals surface area contributed by atoms with Gasteiger partial charge in [-0.15, -0.1) is 0 Å². The summed E-state index contributed by atoms with van der Waals surface area (Å²) in [4.78, 5) is 0. The van der Waals surface area contributed by atoms with E-state index in [1.54, 1.807) is 0 Å². The number of alkyl halides is 3. The Hall–Kier alpha value is -1.27. The summed E-state index contributed by atoms with van der Waals surface area (Å²) in [5.74, 6) is 0.561. The lowest BCUT2D eigenvalue weighted by Gasteiger charge is -2.16. The van der Waals surface area contributed by atoms with Gasteiger partial charge in [0.1, 0.15) is 12.4 Å². The number of halogens is 3. The van der Waals surface area contributed by atoms with Crippen LogP contribution in [-0.4, -0.2) is 25.6 Å². The smallest absolute Gasteiger partial charge is 0.411 e. The maximum Gasteiger partial charge on any atom is 0.411 e. The lowest BCUT2D eigenvalue weighted by molar-refractivity contribution is -0.186. The molecule has 0 saturated heterocycles. The molecule has 0 aromatic heterocycles. The first kappa shape index (κ1) is 17.8. The molecule has 21 heavy (non-hydrogen) atoms.